The van der Waals surface area contributed by atoms with Gasteiger partial charge in [0.25, 0.3) is 0 Å². The van der Waals surface area contributed by atoms with Gasteiger partial charge in [0.2, 0.25) is 11.8 Å². The highest BCUT2D eigenvalue weighted by molar-refractivity contribution is 5.94. The number of amides is 2. The number of likely N-dealkylation sites (N-methyl/N-ethyl adjacent to an activating group) is 1. The Morgan fingerprint density at radius 1 is 1.18 bits per heavy atom. The van der Waals surface area contributed by atoms with E-state index in [-0.39, 0.29) is 17.7 Å². The van der Waals surface area contributed by atoms with Crippen LogP contribution in [0.4, 0.5) is 5.69 Å². The fourth-order valence-electron chi connectivity index (χ4n) is 3.44. The lowest BCUT2D eigenvalue weighted by molar-refractivity contribution is -0.122. The summed E-state index contributed by atoms with van der Waals surface area (Å²) in [5.41, 5.74) is 2.01. The summed E-state index contributed by atoms with van der Waals surface area (Å²) in [6.07, 6.45) is 5.20. The Labute approximate surface area is 167 Å². The van der Waals surface area contributed by atoms with Crippen LogP contribution >= 0.6 is 0 Å². The van der Waals surface area contributed by atoms with Crippen LogP contribution < -0.4 is 10.6 Å². The molecular formula is C22H32N4O2. The van der Waals surface area contributed by atoms with Crippen LogP contribution in [0.2, 0.25) is 0 Å². The minimum Gasteiger partial charge on any atom is -0.356 e. The van der Waals surface area contributed by atoms with Crippen LogP contribution in [0.3, 0.4) is 0 Å². The summed E-state index contributed by atoms with van der Waals surface area (Å²) in [4.78, 5) is 26.1. The molecule has 1 aliphatic carbocycles. The number of benzene rings is 1. The maximum absolute atomic E-state index is 12.2. The normalized spacial score (nSPS) is 13.8. The third-order valence-electron chi connectivity index (χ3n) is 5.43. The van der Waals surface area contributed by atoms with Crippen LogP contribution in [-0.4, -0.2) is 47.5 Å². The summed E-state index contributed by atoms with van der Waals surface area (Å²) in [6, 6.07) is 8.16. The fourth-order valence-corrected chi connectivity index (χ4v) is 3.44. The van der Waals surface area contributed by atoms with Crippen molar-refractivity contribution in [1.82, 2.24) is 14.8 Å². The first kappa shape index (κ1) is 20.4. The van der Waals surface area contributed by atoms with Gasteiger partial charge >= 0.3 is 0 Å². The summed E-state index contributed by atoms with van der Waals surface area (Å²) in [5.74, 6) is 0.345. The molecule has 0 unspecified atom stereocenters. The molecule has 0 spiro atoms. The number of hydrogen-bond donors (Lipinski definition) is 2. The van der Waals surface area contributed by atoms with Crippen molar-refractivity contribution >= 4 is 28.4 Å². The topological polar surface area (TPSA) is 66.4 Å². The summed E-state index contributed by atoms with van der Waals surface area (Å²) < 4.78 is 2.27. The van der Waals surface area contributed by atoms with Gasteiger partial charge in [0.05, 0.1) is 0 Å². The van der Waals surface area contributed by atoms with Crippen molar-refractivity contribution in [2.45, 2.75) is 46.1 Å². The highest BCUT2D eigenvalue weighted by Crippen LogP contribution is 2.28. The highest BCUT2D eigenvalue weighted by atomic mass is 16.2. The second-order valence-corrected chi connectivity index (χ2v) is 7.53. The number of carbonyl (C=O) groups excluding carboxylic acids is 2. The second-order valence-electron chi connectivity index (χ2n) is 7.53. The molecule has 0 atom stereocenters. The van der Waals surface area contributed by atoms with Crippen LogP contribution in [0.15, 0.2) is 30.5 Å². The van der Waals surface area contributed by atoms with E-state index < -0.39 is 0 Å². The van der Waals surface area contributed by atoms with Crippen molar-refractivity contribution in [3.8, 4) is 0 Å². The Hall–Kier alpha value is -2.34. The minimum absolute atomic E-state index is 0.0130. The number of anilines is 1. The Morgan fingerprint density at radius 2 is 1.96 bits per heavy atom. The van der Waals surface area contributed by atoms with Crippen molar-refractivity contribution in [1.29, 1.82) is 0 Å². The molecule has 6 heteroatoms. The van der Waals surface area contributed by atoms with Gasteiger partial charge in [-0.25, -0.2) is 0 Å². The molecule has 28 heavy (non-hydrogen) atoms. The average Bonchev–Trinajstić information content (AvgIpc) is 3.47. The number of hydrogen-bond acceptors (Lipinski definition) is 3. The third kappa shape index (κ3) is 5.58. The zero-order valence-corrected chi connectivity index (χ0v) is 17.0. The summed E-state index contributed by atoms with van der Waals surface area (Å²) in [5, 5.41) is 6.99. The molecule has 2 N–H and O–H groups in total. The van der Waals surface area contributed by atoms with Crippen molar-refractivity contribution in [2.24, 2.45) is 5.92 Å². The molecule has 0 saturated heterocycles. The largest absolute Gasteiger partial charge is 0.356 e. The number of rotatable bonds is 11. The molecular weight excluding hydrogens is 352 g/mol. The Bertz CT molecular complexity index is 806. The van der Waals surface area contributed by atoms with Gasteiger partial charge in [-0.3, -0.25) is 9.59 Å². The second kappa shape index (κ2) is 9.73. The van der Waals surface area contributed by atoms with Crippen molar-refractivity contribution in [3.05, 3.63) is 30.5 Å². The third-order valence-corrected chi connectivity index (χ3v) is 5.43. The van der Waals surface area contributed by atoms with E-state index in [0.29, 0.717) is 19.4 Å². The van der Waals surface area contributed by atoms with Crippen LogP contribution in [0.5, 0.6) is 0 Å². The highest BCUT2D eigenvalue weighted by Gasteiger charge is 2.28. The molecule has 0 bridgehead atoms. The molecule has 1 fully saturated rings. The molecule has 1 saturated carbocycles. The van der Waals surface area contributed by atoms with E-state index in [0.717, 1.165) is 50.1 Å². The first-order valence-corrected chi connectivity index (χ1v) is 10.5. The average molecular weight is 385 g/mol. The first-order chi connectivity index (χ1) is 13.6. The van der Waals surface area contributed by atoms with Gasteiger partial charge in [-0.15, -0.1) is 0 Å². The maximum atomic E-state index is 12.2. The monoisotopic (exact) mass is 384 g/mol. The van der Waals surface area contributed by atoms with E-state index in [1.807, 2.05) is 12.1 Å². The van der Waals surface area contributed by atoms with Crippen LogP contribution in [0.25, 0.3) is 10.9 Å². The van der Waals surface area contributed by atoms with E-state index in [9.17, 15) is 9.59 Å². The number of nitrogens with one attached hydrogen (secondary N) is 2. The number of aromatic nitrogens is 1. The Balaban J connectivity index is 1.47. The fraction of sp³-hybridized carbons (Fsp3) is 0.545. The molecule has 1 heterocycles. The van der Waals surface area contributed by atoms with Gasteiger partial charge in [-0.05, 0) is 56.6 Å². The molecule has 3 rings (SSSR count). The molecule has 0 aliphatic heterocycles. The predicted molar refractivity (Wildman–Crippen MR) is 113 cm³/mol. The minimum atomic E-state index is -0.0130. The van der Waals surface area contributed by atoms with Crippen molar-refractivity contribution in [2.75, 3.05) is 31.5 Å². The molecule has 2 amide bonds. The van der Waals surface area contributed by atoms with Gasteiger partial charge in [-0.1, -0.05) is 13.8 Å². The smallest absolute Gasteiger partial charge is 0.224 e. The number of nitrogens with zero attached hydrogens (tertiary/aromatic N) is 2. The number of fused-ring (bicyclic) bond motifs is 1. The van der Waals surface area contributed by atoms with Crippen LogP contribution in [0, 0.1) is 5.92 Å². The molecule has 6 nitrogen and oxygen atoms in total. The van der Waals surface area contributed by atoms with Gasteiger partial charge in [0.15, 0.2) is 0 Å². The molecule has 1 aromatic heterocycles. The van der Waals surface area contributed by atoms with Crippen LogP contribution in [0.1, 0.15) is 39.5 Å². The van der Waals surface area contributed by atoms with Crippen molar-refractivity contribution in [3.63, 3.8) is 0 Å². The Morgan fingerprint density at radius 3 is 2.68 bits per heavy atom. The van der Waals surface area contributed by atoms with E-state index in [1.54, 1.807) is 0 Å². The number of carbonyl (C=O) groups is 2. The lowest BCUT2D eigenvalue weighted by Gasteiger charge is -2.18. The SMILES string of the molecule is CCN(CC)CCn1ccc2cc(NC(=O)CCCNC(=O)C3CC3)ccc21. The molecule has 152 valence electrons. The lowest BCUT2D eigenvalue weighted by atomic mass is 10.2. The quantitative estimate of drug-likeness (QED) is 0.585. The zero-order valence-electron chi connectivity index (χ0n) is 17.0. The molecule has 2 aromatic rings. The van der Waals surface area contributed by atoms with E-state index in [2.05, 4.69) is 52.3 Å². The molecule has 1 aliphatic rings. The predicted octanol–water partition coefficient (Wildman–Crippen LogP) is 3.23. The first-order valence-electron chi connectivity index (χ1n) is 10.5. The maximum Gasteiger partial charge on any atom is 0.224 e. The molecule has 1 aromatic carbocycles. The summed E-state index contributed by atoms with van der Waals surface area (Å²) in [7, 11) is 0. The van der Waals surface area contributed by atoms with Gasteiger partial charge in [0, 0.05) is 54.8 Å². The van der Waals surface area contributed by atoms with E-state index in [4.69, 9.17) is 0 Å². The van der Waals surface area contributed by atoms with E-state index in [1.165, 1.54) is 5.52 Å². The van der Waals surface area contributed by atoms with Crippen molar-refractivity contribution < 1.29 is 9.59 Å². The van der Waals surface area contributed by atoms with Gasteiger partial charge in [0.1, 0.15) is 0 Å². The Kier molecular flexibility index (Phi) is 7.09. The van der Waals surface area contributed by atoms with E-state index >= 15 is 0 Å². The zero-order chi connectivity index (χ0) is 19.9. The lowest BCUT2D eigenvalue weighted by Crippen LogP contribution is -2.26. The molecule has 0 radical (unpaired) electrons. The standard InChI is InChI=1S/C22H32N4O2/c1-3-25(4-2)14-15-26-13-11-18-16-19(9-10-20(18)26)24-21(27)6-5-12-23-22(28)17-7-8-17/h9-11,13,16-17H,3-8,12,14-15H2,1-2H3,(H,23,28)(H,24,27). The van der Waals surface area contributed by atoms with Crippen LogP contribution in [-0.2, 0) is 16.1 Å². The van der Waals surface area contributed by atoms with Gasteiger partial charge in [-0.2, -0.15) is 0 Å². The summed E-state index contributed by atoms with van der Waals surface area (Å²) >= 11 is 0. The van der Waals surface area contributed by atoms with Gasteiger partial charge < -0.3 is 20.1 Å². The summed E-state index contributed by atoms with van der Waals surface area (Å²) in [6.45, 7) is 9.07.